The van der Waals surface area contributed by atoms with Gasteiger partial charge in [-0.25, -0.2) is 4.79 Å². The number of hydrogen-bond donors (Lipinski definition) is 2. The highest BCUT2D eigenvalue weighted by molar-refractivity contribution is 5.89. The van der Waals surface area contributed by atoms with E-state index >= 15 is 0 Å². The van der Waals surface area contributed by atoms with Crippen molar-refractivity contribution in [2.75, 3.05) is 33.2 Å². The number of hydrogen-bond acceptors (Lipinski definition) is 14. The van der Waals surface area contributed by atoms with Gasteiger partial charge in [0.1, 0.15) is 55.4 Å². The summed E-state index contributed by atoms with van der Waals surface area (Å²) in [7, 11) is 3.00. The molecule has 1 aromatic carbocycles. The number of methoxy groups -OCH3 is 2. The van der Waals surface area contributed by atoms with Gasteiger partial charge in [-0.3, -0.25) is 0 Å². The number of ether oxygens (including phenoxy) is 11. The predicted octanol–water partition coefficient (Wildman–Crippen LogP) is 1.71. The third-order valence-electron chi connectivity index (χ3n) is 7.89. The molecule has 44 heavy (non-hydrogen) atoms. The third-order valence-corrected chi connectivity index (χ3v) is 7.89. The van der Waals surface area contributed by atoms with Crippen LogP contribution in [0.25, 0.3) is 0 Å². The molecule has 0 amide bonds. The molecule has 5 rings (SSSR count). The number of rotatable bonds is 10. The Kier molecular flexibility index (Phi) is 9.63. The minimum atomic E-state index is -1.29. The van der Waals surface area contributed by atoms with Crippen molar-refractivity contribution >= 4 is 11.7 Å². The van der Waals surface area contributed by atoms with Gasteiger partial charge in [0.25, 0.3) is 0 Å². The number of fused-ring (bicyclic) bond motifs is 1. The summed E-state index contributed by atoms with van der Waals surface area (Å²) in [5.74, 6) is -3.54. The molecule has 0 saturated carbocycles. The van der Waals surface area contributed by atoms with Crippen LogP contribution in [0.4, 0.5) is 5.69 Å². The maximum Gasteiger partial charge on any atom is 0.338 e. The minimum absolute atomic E-state index is 0.166. The van der Waals surface area contributed by atoms with Crippen molar-refractivity contribution in [3.05, 3.63) is 29.8 Å². The zero-order valence-electron chi connectivity index (χ0n) is 26.4. The number of carbonyl (C=O) groups excluding carboxylic acids is 1. The number of esters is 1. The molecule has 0 bridgehead atoms. The number of carbonyl (C=O) groups is 1. The van der Waals surface area contributed by atoms with Crippen LogP contribution in [0.3, 0.4) is 0 Å². The highest BCUT2D eigenvalue weighted by atomic mass is 16.8. The Morgan fingerprint density at radius 1 is 0.909 bits per heavy atom. The lowest BCUT2D eigenvalue weighted by atomic mass is 9.98. The Balaban J connectivity index is 1.40. The Hall–Kier alpha value is -1.95. The van der Waals surface area contributed by atoms with Gasteiger partial charge in [-0.1, -0.05) is 0 Å². The first-order valence-corrected chi connectivity index (χ1v) is 14.7. The molecular weight excluding hydrogens is 582 g/mol. The third kappa shape index (κ3) is 7.21. The van der Waals surface area contributed by atoms with Gasteiger partial charge >= 0.3 is 5.97 Å². The van der Waals surface area contributed by atoms with Gasteiger partial charge in [0.15, 0.2) is 29.9 Å². The quantitative estimate of drug-likeness (QED) is 0.219. The van der Waals surface area contributed by atoms with E-state index in [4.69, 9.17) is 57.8 Å². The van der Waals surface area contributed by atoms with Gasteiger partial charge in [-0.2, -0.15) is 0 Å². The van der Waals surface area contributed by atoms with Crippen LogP contribution in [0, 0.1) is 0 Å². The first-order valence-electron chi connectivity index (χ1n) is 14.7. The van der Waals surface area contributed by atoms with Crippen LogP contribution in [-0.2, 0) is 52.1 Å². The lowest BCUT2D eigenvalue weighted by molar-refractivity contribution is -0.315. The van der Waals surface area contributed by atoms with Gasteiger partial charge in [-0.15, -0.1) is 0 Å². The van der Waals surface area contributed by atoms with Gasteiger partial charge in [0.2, 0.25) is 0 Å². The Morgan fingerprint density at radius 2 is 1.52 bits per heavy atom. The second-order valence-electron chi connectivity index (χ2n) is 12.7. The number of benzene rings is 1. The summed E-state index contributed by atoms with van der Waals surface area (Å²) in [6.45, 7) is 10.5. The molecule has 0 radical (unpaired) electrons. The molecule has 14 heteroatoms. The SMILES string of the molecule is COC(OC)[C@@H]1OC(C)(C)O[C@H]1[C@H](O[C@@H]1O[C@H](COC(=O)c2ccc(N)cc2)[C@@H]2OC(C)(C)O[C@@H]2[C@H]1O)[C@H]1COC(C)(C)O1. The second kappa shape index (κ2) is 12.7. The molecule has 0 unspecified atom stereocenters. The summed E-state index contributed by atoms with van der Waals surface area (Å²) in [5, 5.41) is 11.5. The zero-order valence-corrected chi connectivity index (χ0v) is 26.4. The lowest BCUT2D eigenvalue weighted by Crippen LogP contribution is -2.61. The van der Waals surface area contributed by atoms with E-state index in [0.717, 1.165) is 0 Å². The molecule has 3 N–H and O–H groups in total. The highest BCUT2D eigenvalue weighted by Gasteiger charge is 2.59. The average molecular weight is 628 g/mol. The van der Waals surface area contributed by atoms with Gasteiger partial charge in [-0.05, 0) is 65.8 Å². The maximum absolute atomic E-state index is 12.8. The van der Waals surface area contributed by atoms with E-state index in [0.29, 0.717) is 11.3 Å². The zero-order chi connectivity index (χ0) is 32.0. The van der Waals surface area contributed by atoms with Crippen LogP contribution in [-0.4, -0.2) is 117 Å². The largest absolute Gasteiger partial charge is 0.459 e. The molecule has 4 fully saturated rings. The average Bonchev–Trinajstić information content (AvgIpc) is 3.59. The van der Waals surface area contributed by atoms with Crippen molar-refractivity contribution < 1.29 is 62.0 Å². The Bertz CT molecular complexity index is 1140. The monoisotopic (exact) mass is 627 g/mol. The van der Waals surface area contributed by atoms with Crippen LogP contribution in [0.1, 0.15) is 51.9 Å². The topological polar surface area (TPSA) is 165 Å². The summed E-state index contributed by atoms with van der Waals surface area (Å²) in [6.07, 6.45) is -8.95. The molecule has 9 atom stereocenters. The van der Waals surface area contributed by atoms with Crippen LogP contribution in [0.15, 0.2) is 24.3 Å². The van der Waals surface area contributed by atoms with E-state index in [1.54, 1.807) is 65.8 Å². The molecule has 248 valence electrons. The van der Waals surface area contributed by atoms with Gasteiger partial charge in [0.05, 0.1) is 12.2 Å². The van der Waals surface area contributed by atoms with Crippen LogP contribution in [0.5, 0.6) is 0 Å². The number of aliphatic hydroxyl groups excluding tert-OH is 1. The summed E-state index contributed by atoms with van der Waals surface area (Å²) in [4.78, 5) is 12.8. The van der Waals surface area contributed by atoms with Crippen molar-refractivity contribution in [2.45, 2.75) is 120 Å². The molecule has 4 aliphatic heterocycles. The maximum atomic E-state index is 12.8. The Morgan fingerprint density at radius 3 is 2.14 bits per heavy atom. The molecule has 4 saturated heterocycles. The molecule has 1 aromatic rings. The summed E-state index contributed by atoms with van der Waals surface area (Å²) in [6, 6.07) is 6.36. The van der Waals surface area contributed by atoms with Crippen molar-refractivity contribution in [2.24, 2.45) is 0 Å². The first-order chi connectivity index (χ1) is 20.6. The smallest absolute Gasteiger partial charge is 0.338 e. The lowest BCUT2D eigenvalue weighted by Gasteiger charge is -2.42. The number of anilines is 1. The van der Waals surface area contributed by atoms with E-state index in [9.17, 15) is 9.90 Å². The van der Waals surface area contributed by atoms with E-state index in [1.165, 1.54) is 14.2 Å². The highest BCUT2D eigenvalue weighted by Crippen LogP contribution is 2.41. The number of nitrogens with two attached hydrogens (primary N) is 1. The fourth-order valence-corrected chi connectivity index (χ4v) is 6.02. The summed E-state index contributed by atoms with van der Waals surface area (Å²) >= 11 is 0. The molecule has 0 aliphatic carbocycles. The summed E-state index contributed by atoms with van der Waals surface area (Å²) < 4.78 is 66.3. The van der Waals surface area contributed by atoms with Crippen LogP contribution in [0.2, 0.25) is 0 Å². The molecule has 14 nitrogen and oxygen atoms in total. The minimum Gasteiger partial charge on any atom is -0.459 e. The Labute approximate surface area is 257 Å². The second-order valence-corrected chi connectivity index (χ2v) is 12.7. The fourth-order valence-electron chi connectivity index (χ4n) is 6.02. The van der Waals surface area contributed by atoms with Gasteiger partial charge < -0.3 is 62.9 Å². The van der Waals surface area contributed by atoms with Crippen molar-refractivity contribution in [1.29, 1.82) is 0 Å². The van der Waals surface area contributed by atoms with Crippen LogP contribution < -0.4 is 5.73 Å². The van der Waals surface area contributed by atoms with Crippen LogP contribution >= 0.6 is 0 Å². The first kappa shape index (κ1) is 33.4. The molecular formula is C30H45NO13. The van der Waals surface area contributed by atoms with Gasteiger partial charge in [0, 0.05) is 19.9 Å². The van der Waals surface area contributed by atoms with E-state index in [1.807, 2.05) is 0 Å². The molecule has 0 spiro atoms. The van der Waals surface area contributed by atoms with E-state index in [2.05, 4.69) is 0 Å². The molecule has 4 aliphatic rings. The predicted molar refractivity (Wildman–Crippen MR) is 151 cm³/mol. The van der Waals surface area contributed by atoms with E-state index in [-0.39, 0.29) is 13.2 Å². The van der Waals surface area contributed by atoms with Crippen molar-refractivity contribution in [3.8, 4) is 0 Å². The number of aliphatic hydroxyl groups is 1. The number of nitrogen functional groups attached to an aromatic ring is 1. The summed E-state index contributed by atoms with van der Waals surface area (Å²) in [5.41, 5.74) is 6.58. The van der Waals surface area contributed by atoms with Crippen molar-refractivity contribution in [1.82, 2.24) is 0 Å². The fraction of sp³-hybridized carbons (Fsp3) is 0.767. The van der Waals surface area contributed by atoms with E-state index < -0.39 is 84.7 Å². The molecule has 0 aromatic heterocycles. The van der Waals surface area contributed by atoms with Crippen molar-refractivity contribution in [3.63, 3.8) is 0 Å². The molecule has 4 heterocycles. The normalized spacial score (nSPS) is 36.3. The standard InChI is InChI=1S/C30H45NO13/c1-28(2)37-14-18(40-28)20(23-24(27(34-7)35-8)44-30(5,6)43-23)39-26-19(32)22-21(41-29(3,4)42-22)17(38-26)13-36-25(33)15-9-11-16(31)12-10-15/h9-12,17-24,26-27,32H,13-14,31H2,1-8H3/t17-,18-,19-,20-,21+,22-,23+,24-,26+/m1/s1.